The lowest BCUT2D eigenvalue weighted by Crippen LogP contribution is -2.44. The van der Waals surface area contributed by atoms with Gasteiger partial charge < -0.3 is 10.1 Å². The number of carbonyl (C=O) groups excluding carboxylic acids is 3. The molecule has 1 aromatic rings. The number of piperidine rings is 1. The first-order chi connectivity index (χ1) is 13.3. The molecule has 1 unspecified atom stereocenters. The van der Waals surface area contributed by atoms with E-state index in [1.165, 1.54) is 35.5 Å². The minimum atomic E-state index is -3.59. The minimum Gasteiger partial charge on any atom is -0.449 e. The molecule has 1 heterocycles. The molecule has 0 aromatic heterocycles. The van der Waals surface area contributed by atoms with Crippen LogP contribution in [0.4, 0.5) is 4.79 Å². The summed E-state index contributed by atoms with van der Waals surface area (Å²) in [5.74, 6) is -1.55. The zero-order valence-electron chi connectivity index (χ0n) is 15.9. The van der Waals surface area contributed by atoms with Gasteiger partial charge in [0.2, 0.25) is 10.0 Å². The fourth-order valence-corrected chi connectivity index (χ4v) is 4.23. The van der Waals surface area contributed by atoms with E-state index in [9.17, 15) is 22.8 Å². The zero-order valence-corrected chi connectivity index (χ0v) is 16.8. The van der Waals surface area contributed by atoms with Crippen LogP contribution >= 0.6 is 0 Å². The first-order valence-corrected chi connectivity index (χ1v) is 10.6. The molecule has 28 heavy (non-hydrogen) atoms. The van der Waals surface area contributed by atoms with Gasteiger partial charge in [-0.15, -0.1) is 0 Å². The number of imide groups is 1. The molecule has 1 atom stereocenters. The SMILES string of the molecule is CCNC(=O)NC(=O)C(C)OC(=O)c1ccc(S(=O)(=O)N2CCCCC2)cc1. The third-order valence-electron chi connectivity index (χ3n) is 4.27. The fraction of sp³-hybridized carbons (Fsp3) is 0.500. The Kier molecular flexibility index (Phi) is 7.53. The molecule has 0 saturated carbocycles. The summed E-state index contributed by atoms with van der Waals surface area (Å²) < 4.78 is 31.7. The van der Waals surface area contributed by atoms with E-state index in [-0.39, 0.29) is 10.5 Å². The standard InChI is InChI=1S/C18H25N3O6S/c1-3-19-18(24)20-16(22)13(2)27-17(23)14-7-9-15(10-8-14)28(25,26)21-11-5-4-6-12-21/h7-10,13H,3-6,11-12H2,1-2H3,(H2,19,20,22,24). The van der Waals surface area contributed by atoms with Crippen molar-refractivity contribution in [2.75, 3.05) is 19.6 Å². The summed E-state index contributed by atoms with van der Waals surface area (Å²) in [7, 11) is -3.59. The monoisotopic (exact) mass is 411 g/mol. The molecule has 3 amide bonds. The molecular formula is C18H25N3O6S. The Hall–Kier alpha value is -2.46. The lowest BCUT2D eigenvalue weighted by Gasteiger charge is -2.25. The predicted octanol–water partition coefficient (Wildman–Crippen LogP) is 1.25. The third kappa shape index (κ3) is 5.52. The van der Waals surface area contributed by atoms with Gasteiger partial charge in [0.05, 0.1) is 10.5 Å². The van der Waals surface area contributed by atoms with Crippen LogP contribution in [-0.2, 0) is 19.6 Å². The molecule has 0 aliphatic carbocycles. The molecule has 2 rings (SSSR count). The fourth-order valence-electron chi connectivity index (χ4n) is 2.72. The third-order valence-corrected chi connectivity index (χ3v) is 6.18. The van der Waals surface area contributed by atoms with Gasteiger partial charge in [-0.05, 0) is 51.0 Å². The van der Waals surface area contributed by atoms with E-state index in [1.54, 1.807) is 6.92 Å². The Morgan fingerprint density at radius 3 is 2.29 bits per heavy atom. The molecule has 154 valence electrons. The van der Waals surface area contributed by atoms with Crippen LogP contribution < -0.4 is 10.6 Å². The highest BCUT2D eigenvalue weighted by Gasteiger charge is 2.26. The number of sulfonamides is 1. The molecular weight excluding hydrogens is 386 g/mol. The zero-order chi connectivity index (χ0) is 20.7. The largest absolute Gasteiger partial charge is 0.449 e. The Morgan fingerprint density at radius 2 is 1.71 bits per heavy atom. The first kappa shape index (κ1) is 21.8. The number of carbonyl (C=O) groups is 3. The maximum Gasteiger partial charge on any atom is 0.338 e. The average molecular weight is 411 g/mol. The second kappa shape index (κ2) is 9.65. The molecule has 1 aromatic carbocycles. The molecule has 0 bridgehead atoms. The van der Waals surface area contributed by atoms with Gasteiger partial charge in [-0.25, -0.2) is 18.0 Å². The number of esters is 1. The van der Waals surface area contributed by atoms with Gasteiger partial charge in [0.1, 0.15) is 0 Å². The highest BCUT2D eigenvalue weighted by molar-refractivity contribution is 7.89. The quantitative estimate of drug-likeness (QED) is 0.680. The summed E-state index contributed by atoms with van der Waals surface area (Å²) in [6, 6.07) is 4.70. The lowest BCUT2D eigenvalue weighted by molar-refractivity contribution is -0.127. The van der Waals surface area contributed by atoms with Crippen molar-refractivity contribution < 1.29 is 27.5 Å². The molecule has 1 aliphatic rings. The van der Waals surface area contributed by atoms with Crippen LogP contribution in [0.25, 0.3) is 0 Å². The number of ether oxygens (including phenoxy) is 1. The predicted molar refractivity (Wildman–Crippen MR) is 101 cm³/mol. The number of benzene rings is 1. The molecule has 0 spiro atoms. The van der Waals surface area contributed by atoms with Crippen molar-refractivity contribution in [1.82, 2.24) is 14.9 Å². The van der Waals surface area contributed by atoms with Crippen molar-refractivity contribution in [2.45, 2.75) is 44.1 Å². The highest BCUT2D eigenvalue weighted by atomic mass is 32.2. The van der Waals surface area contributed by atoms with Crippen LogP contribution in [-0.4, -0.2) is 56.4 Å². The van der Waals surface area contributed by atoms with Gasteiger partial charge in [-0.2, -0.15) is 4.31 Å². The van der Waals surface area contributed by atoms with E-state index >= 15 is 0 Å². The normalized spacial score (nSPS) is 16.1. The van der Waals surface area contributed by atoms with E-state index in [2.05, 4.69) is 10.6 Å². The maximum absolute atomic E-state index is 12.6. The van der Waals surface area contributed by atoms with Crippen molar-refractivity contribution in [3.63, 3.8) is 0 Å². The van der Waals surface area contributed by atoms with Crippen molar-refractivity contribution in [2.24, 2.45) is 0 Å². The summed E-state index contributed by atoms with van der Waals surface area (Å²) in [4.78, 5) is 35.4. The Bertz CT molecular complexity index is 816. The summed E-state index contributed by atoms with van der Waals surface area (Å²) in [5, 5.41) is 4.44. The Morgan fingerprint density at radius 1 is 1.11 bits per heavy atom. The molecule has 9 nitrogen and oxygen atoms in total. The van der Waals surface area contributed by atoms with Crippen molar-refractivity contribution in [3.05, 3.63) is 29.8 Å². The van der Waals surface area contributed by atoms with Crippen LogP contribution in [0.15, 0.2) is 29.2 Å². The van der Waals surface area contributed by atoms with Gasteiger partial charge in [0.15, 0.2) is 6.10 Å². The number of nitrogens with one attached hydrogen (secondary N) is 2. The first-order valence-electron chi connectivity index (χ1n) is 9.15. The van der Waals surface area contributed by atoms with E-state index in [4.69, 9.17) is 4.74 Å². The summed E-state index contributed by atoms with van der Waals surface area (Å²) >= 11 is 0. The van der Waals surface area contributed by atoms with Crippen LogP contribution in [0.2, 0.25) is 0 Å². The number of hydrogen-bond acceptors (Lipinski definition) is 6. The number of urea groups is 1. The van der Waals surface area contributed by atoms with Crippen molar-refractivity contribution >= 4 is 27.9 Å². The number of nitrogens with zero attached hydrogens (tertiary/aromatic N) is 1. The molecule has 1 saturated heterocycles. The van der Waals surface area contributed by atoms with Crippen LogP contribution in [0.3, 0.4) is 0 Å². The molecule has 2 N–H and O–H groups in total. The lowest BCUT2D eigenvalue weighted by atomic mass is 10.2. The van der Waals surface area contributed by atoms with E-state index in [1.807, 2.05) is 0 Å². The van der Waals surface area contributed by atoms with Gasteiger partial charge in [-0.1, -0.05) is 6.42 Å². The van der Waals surface area contributed by atoms with Gasteiger partial charge >= 0.3 is 12.0 Å². The maximum atomic E-state index is 12.6. The van der Waals surface area contributed by atoms with Crippen molar-refractivity contribution in [3.8, 4) is 0 Å². The summed E-state index contributed by atoms with van der Waals surface area (Å²) in [6.07, 6.45) is 1.49. The Labute approximate surface area is 164 Å². The van der Waals surface area contributed by atoms with E-state index in [0.29, 0.717) is 19.6 Å². The average Bonchev–Trinajstić information content (AvgIpc) is 2.68. The van der Waals surface area contributed by atoms with Gasteiger partial charge in [-0.3, -0.25) is 10.1 Å². The molecule has 10 heteroatoms. The number of hydrogen-bond donors (Lipinski definition) is 2. The van der Waals surface area contributed by atoms with Crippen LogP contribution in [0, 0.1) is 0 Å². The van der Waals surface area contributed by atoms with Crippen molar-refractivity contribution in [1.29, 1.82) is 0 Å². The van der Waals surface area contributed by atoms with E-state index in [0.717, 1.165) is 19.3 Å². The molecule has 1 aliphatic heterocycles. The summed E-state index contributed by atoms with van der Waals surface area (Å²) in [6.45, 7) is 4.36. The van der Waals surface area contributed by atoms with Gasteiger partial charge in [0, 0.05) is 19.6 Å². The molecule has 0 radical (unpaired) electrons. The van der Waals surface area contributed by atoms with Crippen LogP contribution in [0.1, 0.15) is 43.5 Å². The molecule has 1 fully saturated rings. The highest BCUT2D eigenvalue weighted by Crippen LogP contribution is 2.21. The topological polar surface area (TPSA) is 122 Å². The minimum absolute atomic E-state index is 0.105. The van der Waals surface area contributed by atoms with Gasteiger partial charge in [0.25, 0.3) is 5.91 Å². The number of amides is 3. The van der Waals surface area contributed by atoms with Crippen LogP contribution in [0.5, 0.6) is 0 Å². The van der Waals surface area contributed by atoms with E-state index < -0.39 is 34.0 Å². The summed E-state index contributed by atoms with van der Waals surface area (Å²) in [5.41, 5.74) is 0.107. The smallest absolute Gasteiger partial charge is 0.338 e. The number of rotatable bonds is 6. The Balaban J connectivity index is 1.99. The second-order valence-corrected chi connectivity index (χ2v) is 8.32. The second-order valence-electron chi connectivity index (χ2n) is 6.39.